The maximum Gasteiger partial charge on any atom is 0.343 e. The van der Waals surface area contributed by atoms with Gasteiger partial charge >= 0.3 is 5.97 Å². The second-order valence-electron chi connectivity index (χ2n) is 14.4. The highest BCUT2D eigenvalue weighted by atomic mass is 16.5. The second kappa shape index (κ2) is 26.5. The van der Waals surface area contributed by atoms with Crippen molar-refractivity contribution in [3.63, 3.8) is 0 Å². The van der Waals surface area contributed by atoms with E-state index in [4.69, 9.17) is 18.9 Å². The molecule has 0 bridgehead atoms. The predicted molar refractivity (Wildman–Crippen MR) is 228 cm³/mol. The molecule has 0 saturated carbocycles. The number of unbranched alkanes of at least 4 members (excludes halogenated alkanes) is 14. The van der Waals surface area contributed by atoms with Crippen LogP contribution < -0.4 is 24.4 Å². The first-order valence-electron chi connectivity index (χ1n) is 21.0. The number of nitrogens with zero attached hydrogens (tertiary/aromatic N) is 1. The number of phenols is 1. The van der Waals surface area contributed by atoms with Crippen molar-refractivity contribution in [2.75, 3.05) is 13.2 Å². The Kier molecular flexibility index (Phi) is 20.7. The number of benzene rings is 4. The number of ether oxygens (including phenoxy) is 4. The molecule has 0 aliphatic carbocycles. The molecule has 0 radical (unpaired) electrons. The fourth-order valence-corrected chi connectivity index (χ4v) is 6.18. The van der Waals surface area contributed by atoms with E-state index in [-0.39, 0.29) is 11.5 Å². The number of hydrazone groups is 1. The molecule has 9 nitrogen and oxygen atoms in total. The second-order valence-corrected chi connectivity index (χ2v) is 14.4. The lowest BCUT2D eigenvalue weighted by molar-refractivity contribution is 0.0734. The Morgan fingerprint density at radius 3 is 1.54 bits per heavy atom. The number of nitrogens with one attached hydrogen (secondary N) is 1. The maximum atomic E-state index is 12.7. The third kappa shape index (κ3) is 17.6. The van der Waals surface area contributed by atoms with Crippen LogP contribution in [0.25, 0.3) is 0 Å². The first kappa shape index (κ1) is 44.4. The minimum atomic E-state index is -0.558. The van der Waals surface area contributed by atoms with E-state index in [1.165, 1.54) is 95.8 Å². The largest absolute Gasteiger partial charge is 0.507 e. The molecule has 57 heavy (non-hydrogen) atoms. The summed E-state index contributed by atoms with van der Waals surface area (Å²) in [5.74, 6) is 1.23. The number of rotatable bonds is 28. The molecule has 0 spiro atoms. The van der Waals surface area contributed by atoms with Gasteiger partial charge in [-0.25, -0.2) is 10.2 Å². The van der Waals surface area contributed by atoms with Crippen LogP contribution in [0, 0.1) is 0 Å². The summed E-state index contributed by atoms with van der Waals surface area (Å²) < 4.78 is 23.1. The van der Waals surface area contributed by atoms with Gasteiger partial charge in [-0.1, -0.05) is 116 Å². The summed E-state index contributed by atoms with van der Waals surface area (Å²) in [6.45, 7) is 6.24. The predicted octanol–water partition coefficient (Wildman–Crippen LogP) is 12.0. The van der Waals surface area contributed by atoms with Gasteiger partial charge in [-0.2, -0.15) is 5.10 Å². The van der Waals surface area contributed by atoms with Gasteiger partial charge in [-0.15, -0.1) is 0 Å². The molecule has 4 aromatic carbocycles. The highest BCUT2D eigenvalue weighted by molar-refractivity contribution is 5.95. The molecule has 306 valence electrons. The Morgan fingerprint density at radius 2 is 1.02 bits per heavy atom. The highest BCUT2D eigenvalue weighted by Gasteiger charge is 2.11. The number of phenolic OH excluding ortho intramolecular Hbond substituents is 1. The van der Waals surface area contributed by atoms with Crippen molar-refractivity contribution in [2.45, 2.75) is 123 Å². The van der Waals surface area contributed by atoms with Crippen LogP contribution in [0.2, 0.25) is 0 Å². The Bertz CT molecular complexity index is 1760. The minimum Gasteiger partial charge on any atom is -0.507 e. The van der Waals surface area contributed by atoms with Gasteiger partial charge in [0, 0.05) is 17.2 Å². The smallest absolute Gasteiger partial charge is 0.343 e. The monoisotopic (exact) mass is 778 g/mol. The molecule has 0 atom stereocenters. The molecule has 1 amide bonds. The molecule has 2 N–H and O–H groups in total. The van der Waals surface area contributed by atoms with E-state index >= 15 is 0 Å². The zero-order valence-corrected chi connectivity index (χ0v) is 34.0. The molecular formula is C48H62N2O7. The summed E-state index contributed by atoms with van der Waals surface area (Å²) in [5.41, 5.74) is 4.57. The molecule has 0 saturated heterocycles. The third-order valence-electron chi connectivity index (χ3n) is 9.65. The number of aromatic hydroxyl groups is 1. The molecule has 0 heterocycles. The highest BCUT2D eigenvalue weighted by Crippen LogP contribution is 2.24. The number of carbonyl (C=O) groups is 2. The fourth-order valence-electron chi connectivity index (χ4n) is 6.18. The van der Waals surface area contributed by atoms with E-state index in [2.05, 4.69) is 24.4 Å². The Hall–Kier alpha value is -5.31. The first-order valence-corrected chi connectivity index (χ1v) is 21.0. The molecule has 9 heteroatoms. The first-order chi connectivity index (χ1) is 27.9. The molecule has 0 aliphatic rings. The molecule has 0 fully saturated rings. The number of hydrogen-bond acceptors (Lipinski definition) is 8. The lowest BCUT2D eigenvalue weighted by atomic mass is 10.1. The number of hydrogen-bond donors (Lipinski definition) is 2. The van der Waals surface area contributed by atoms with E-state index < -0.39 is 11.9 Å². The summed E-state index contributed by atoms with van der Waals surface area (Å²) in [6, 6.07) is 25.9. The van der Waals surface area contributed by atoms with Crippen LogP contribution in [0.1, 0.15) is 148 Å². The molecule has 0 aliphatic heterocycles. The van der Waals surface area contributed by atoms with Gasteiger partial charge in [0.05, 0.1) is 25.0 Å². The average Bonchev–Trinajstić information content (AvgIpc) is 3.23. The molecule has 0 unspecified atom stereocenters. The van der Waals surface area contributed by atoms with Gasteiger partial charge in [0.1, 0.15) is 35.4 Å². The average molecular weight is 779 g/mol. The minimum absolute atomic E-state index is 0.162. The number of esters is 1. The SMILES string of the molecule is CCCCCCCCCCOc1ccc(COc2ccc(C(=O)N/N=C/c3ccc(OC(=O)c4ccc(OCCCCCCCCCC)cc4)cc3O)cc2)cc1. The van der Waals surface area contributed by atoms with Gasteiger partial charge in [-0.3, -0.25) is 4.79 Å². The van der Waals surface area contributed by atoms with Crippen molar-refractivity contribution in [1.29, 1.82) is 0 Å². The quantitative estimate of drug-likeness (QED) is 0.0194. The number of amides is 1. The van der Waals surface area contributed by atoms with Crippen molar-refractivity contribution in [3.05, 3.63) is 113 Å². The van der Waals surface area contributed by atoms with Gasteiger partial charge < -0.3 is 24.1 Å². The topological polar surface area (TPSA) is 116 Å². The van der Waals surface area contributed by atoms with Gasteiger partial charge in [0.25, 0.3) is 5.91 Å². The third-order valence-corrected chi connectivity index (χ3v) is 9.65. The van der Waals surface area contributed by atoms with Crippen molar-refractivity contribution >= 4 is 18.1 Å². The lowest BCUT2D eigenvalue weighted by Crippen LogP contribution is -2.17. The summed E-state index contributed by atoms with van der Waals surface area (Å²) in [5, 5.41) is 14.5. The van der Waals surface area contributed by atoms with Crippen LogP contribution >= 0.6 is 0 Å². The van der Waals surface area contributed by atoms with Crippen molar-refractivity contribution in [1.82, 2.24) is 5.43 Å². The van der Waals surface area contributed by atoms with Gasteiger partial charge in [-0.05, 0) is 91.2 Å². The normalized spacial score (nSPS) is 11.1. The molecular weight excluding hydrogens is 717 g/mol. The zero-order chi connectivity index (χ0) is 40.3. The summed E-state index contributed by atoms with van der Waals surface area (Å²) in [7, 11) is 0. The van der Waals surface area contributed by atoms with Crippen molar-refractivity contribution in [3.8, 4) is 28.7 Å². The van der Waals surface area contributed by atoms with Gasteiger partial charge in [0.15, 0.2) is 0 Å². The number of carbonyl (C=O) groups excluding carboxylic acids is 2. The van der Waals surface area contributed by atoms with Crippen LogP contribution in [0.3, 0.4) is 0 Å². The molecule has 4 rings (SSSR count). The Morgan fingerprint density at radius 1 is 0.561 bits per heavy atom. The fraction of sp³-hybridized carbons (Fsp3) is 0.438. The van der Waals surface area contributed by atoms with Crippen molar-refractivity contribution in [2.24, 2.45) is 5.10 Å². The maximum absolute atomic E-state index is 12.7. The van der Waals surface area contributed by atoms with Crippen LogP contribution in [-0.4, -0.2) is 36.4 Å². The van der Waals surface area contributed by atoms with Crippen LogP contribution in [0.4, 0.5) is 0 Å². The van der Waals surface area contributed by atoms with Crippen molar-refractivity contribution < 1.29 is 33.6 Å². The van der Waals surface area contributed by atoms with E-state index in [1.807, 2.05) is 24.3 Å². The molecule has 4 aromatic rings. The summed E-state index contributed by atoms with van der Waals surface area (Å²) in [6.07, 6.45) is 21.4. The summed E-state index contributed by atoms with van der Waals surface area (Å²) >= 11 is 0. The van der Waals surface area contributed by atoms with E-state index in [1.54, 1.807) is 60.7 Å². The Balaban J connectivity index is 1.11. The van der Waals surface area contributed by atoms with Gasteiger partial charge in [0.2, 0.25) is 0 Å². The van der Waals surface area contributed by atoms with E-state index in [9.17, 15) is 14.7 Å². The van der Waals surface area contributed by atoms with Crippen LogP contribution in [-0.2, 0) is 6.61 Å². The zero-order valence-electron chi connectivity index (χ0n) is 34.0. The Labute approximate surface area is 339 Å². The van der Waals surface area contributed by atoms with E-state index in [0.29, 0.717) is 41.4 Å². The summed E-state index contributed by atoms with van der Waals surface area (Å²) in [4.78, 5) is 25.4. The lowest BCUT2D eigenvalue weighted by Gasteiger charge is -2.09. The van der Waals surface area contributed by atoms with Crippen LogP contribution in [0.15, 0.2) is 96.1 Å². The van der Waals surface area contributed by atoms with Crippen LogP contribution in [0.5, 0.6) is 28.7 Å². The molecule has 0 aromatic heterocycles. The van der Waals surface area contributed by atoms with E-state index in [0.717, 1.165) is 37.2 Å². The standard InChI is InChI=1S/C48H62N2O7/c1-3-5-7-9-11-13-15-17-33-54-42-26-19-38(20-27-42)37-56-44-28-21-39(22-29-44)47(52)50-49-36-41-25-32-45(35-46(41)51)57-48(53)40-23-30-43(31-24-40)55-34-18-16-14-12-10-8-6-4-2/h19-32,35-36,51H,3-18,33-34,37H2,1-2H3,(H,50,52)/b49-36+.